The first-order chi connectivity index (χ1) is 16.5. The molecule has 0 fully saturated rings. The number of fused-ring (bicyclic) bond motifs is 1. The standard InChI is InChI=1S/C22H20.C4H10.C3H9N.2C2H6/c1-4-19(20-13-7-5-10-16(20)2)17(3)21-15-9-12-18-11-6-8-14-22(18)21;1-3-4-2;1-2-3-4;2*1-2/h4-15H,3H2,1-2H3;3-4H2,1-2H3;2-4H2,1H3;2*1-2H3/b19-4-;;;;. The minimum Gasteiger partial charge on any atom is -0.330 e. The molecule has 0 aliphatic rings. The smallest absolute Gasteiger partial charge is 0.00799 e. The summed E-state index contributed by atoms with van der Waals surface area (Å²) < 4.78 is 0. The van der Waals surface area contributed by atoms with E-state index in [0.717, 1.165) is 18.5 Å². The molecule has 0 aliphatic carbocycles. The molecule has 3 aromatic rings. The maximum absolute atomic E-state index is 5.03. The molecule has 3 rings (SSSR count). The van der Waals surface area contributed by atoms with Crippen molar-refractivity contribution in [2.75, 3.05) is 6.54 Å². The first-order valence-electron chi connectivity index (χ1n) is 13.1. The second kappa shape index (κ2) is 22.2. The lowest BCUT2D eigenvalue weighted by molar-refractivity contribution is 0.886. The quantitative estimate of drug-likeness (QED) is 0.376. The van der Waals surface area contributed by atoms with E-state index in [4.69, 9.17) is 5.73 Å². The molecular formula is C33H51N. The van der Waals surface area contributed by atoms with Crippen molar-refractivity contribution in [2.24, 2.45) is 5.73 Å². The van der Waals surface area contributed by atoms with E-state index in [2.05, 4.69) is 114 Å². The Bertz CT molecular complexity index is 921. The molecule has 0 unspecified atom stereocenters. The van der Waals surface area contributed by atoms with Crippen LogP contribution >= 0.6 is 0 Å². The number of aryl methyl sites for hydroxylation is 1. The van der Waals surface area contributed by atoms with Crippen molar-refractivity contribution in [1.29, 1.82) is 0 Å². The monoisotopic (exact) mass is 461 g/mol. The molecule has 188 valence electrons. The van der Waals surface area contributed by atoms with Crippen molar-refractivity contribution >= 4 is 21.9 Å². The van der Waals surface area contributed by atoms with Crippen LogP contribution in [0.25, 0.3) is 21.9 Å². The normalized spacial score (nSPS) is 9.65. The molecule has 0 radical (unpaired) electrons. The zero-order chi connectivity index (χ0) is 26.4. The second-order valence-corrected chi connectivity index (χ2v) is 7.31. The highest BCUT2D eigenvalue weighted by molar-refractivity contribution is 6.10. The van der Waals surface area contributed by atoms with Gasteiger partial charge < -0.3 is 5.73 Å². The second-order valence-electron chi connectivity index (χ2n) is 7.31. The van der Waals surface area contributed by atoms with Crippen LogP contribution in [-0.2, 0) is 0 Å². The molecular weight excluding hydrogens is 410 g/mol. The average Bonchev–Trinajstić information content (AvgIpc) is 2.92. The summed E-state index contributed by atoms with van der Waals surface area (Å²) in [5, 5.41) is 2.50. The fourth-order valence-electron chi connectivity index (χ4n) is 3.00. The molecule has 0 heterocycles. The number of rotatable bonds is 5. The van der Waals surface area contributed by atoms with Crippen molar-refractivity contribution in [3.05, 3.63) is 96.1 Å². The fraction of sp³-hybridized carbons (Fsp3) is 0.394. The topological polar surface area (TPSA) is 26.0 Å². The summed E-state index contributed by atoms with van der Waals surface area (Å²) in [6.45, 7) is 23.9. The Morgan fingerprint density at radius 1 is 0.735 bits per heavy atom. The van der Waals surface area contributed by atoms with Gasteiger partial charge in [-0.05, 0) is 65.4 Å². The van der Waals surface area contributed by atoms with E-state index < -0.39 is 0 Å². The maximum Gasteiger partial charge on any atom is -0.00799 e. The van der Waals surface area contributed by atoms with Crippen LogP contribution in [-0.4, -0.2) is 6.54 Å². The van der Waals surface area contributed by atoms with Gasteiger partial charge in [0.1, 0.15) is 0 Å². The SMILES string of the molecule is C=C(/C(=C/C)c1ccccc1C)c1cccc2ccccc12.CC.CC.CCCC.CCCN. The molecule has 0 saturated carbocycles. The van der Waals surface area contributed by atoms with Gasteiger partial charge in [-0.2, -0.15) is 0 Å². The molecule has 3 aromatic carbocycles. The number of nitrogens with two attached hydrogens (primary N) is 1. The third kappa shape index (κ3) is 11.5. The molecule has 0 saturated heterocycles. The predicted molar refractivity (Wildman–Crippen MR) is 160 cm³/mol. The molecule has 0 aliphatic heterocycles. The van der Waals surface area contributed by atoms with Crippen molar-refractivity contribution in [3.63, 3.8) is 0 Å². The van der Waals surface area contributed by atoms with Crippen molar-refractivity contribution in [2.45, 2.75) is 81.6 Å². The highest BCUT2D eigenvalue weighted by atomic mass is 14.5. The van der Waals surface area contributed by atoms with Crippen LogP contribution in [0.5, 0.6) is 0 Å². The van der Waals surface area contributed by atoms with Gasteiger partial charge in [0.05, 0.1) is 0 Å². The Kier molecular flexibility index (Phi) is 21.9. The third-order valence-corrected chi connectivity index (χ3v) is 4.95. The maximum atomic E-state index is 5.03. The lowest BCUT2D eigenvalue weighted by Gasteiger charge is -2.15. The van der Waals surface area contributed by atoms with E-state index in [-0.39, 0.29) is 0 Å². The molecule has 0 spiro atoms. The van der Waals surface area contributed by atoms with Gasteiger partial charge in [0.2, 0.25) is 0 Å². The Balaban J connectivity index is 0. The van der Waals surface area contributed by atoms with E-state index in [0.29, 0.717) is 0 Å². The van der Waals surface area contributed by atoms with Gasteiger partial charge in [-0.3, -0.25) is 0 Å². The van der Waals surface area contributed by atoms with Crippen molar-refractivity contribution in [1.82, 2.24) is 0 Å². The molecule has 0 aromatic heterocycles. The van der Waals surface area contributed by atoms with Crippen LogP contribution in [0.4, 0.5) is 0 Å². The Hall–Kier alpha value is -2.64. The van der Waals surface area contributed by atoms with Gasteiger partial charge >= 0.3 is 0 Å². The third-order valence-electron chi connectivity index (χ3n) is 4.95. The molecule has 0 atom stereocenters. The van der Waals surface area contributed by atoms with Crippen molar-refractivity contribution < 1.29 is 0 Å². The molecule has 2 N–H and O–H groups in total. The van der Waals surface area contributed by atoms with Crippen molar-refractivity contribution in [3.8, 4) is 0 Å². The minimum atomic E-state index is 0.819. The molecule has 1 nitrogen and oxygen atoms in total. The zero-order valence-electron chi connectivity index (χ0n) is 23.5. The molecule has 1 heteroatoms. The van der Waals surface area contributed by atoms with Gasteiger partial charge in [-0.25, -0.2) is 0 Å². The van der Waals surface area contributed by atoms with Crippen LogP contribution in [0.3, 0.4) is 0 Å². The number of unbranched alkanes of at least 4 members (excludes halogenated alkanes) is 1. The van der Waals surface area contributed by atoms with Gasteiger partial charge in [0.15, 0.2) is 0 Å². The van der Waals surface area contributed by atoms with Gasteiger partial charge in [0.25, 0.3) is 0 Å². The fourth-order valence-corrected chi connectivity index (χ4v) is 3.00. The Morgan fingerprint density at radius 2 is 1.21 bits per heavy atom. The van der Waals surface area contributed by atoms with Crippen LogP contribution in [0.1, 0.15) is 91.3 Å². The number of hydrogen-bond acceptors (Lipinski definition) is 1. The minimum absolute atomic E-state index is 0.819. The first kappa shape index (κ1) is 33.5. The summed E-state index contributed by atoms with van der Waals surface area (Å²) >= 11 is 0. The largest absolute Gasteiger partial charge is 0.330 e. The Labute approximate surface area is 211 Å². The van der Waals surface area contributed by atoms with Gasteiger partial charge in [0, 0.05) is 0 Å². The molecule has 0 bridgehead atoms. The Morgan fingerprint density at radius 3 is 1.71 bits per heavy atom. The van der Waals surface area contributed by atoms with E-state index in [1.54, 1.807) is 0 Å². The molecule has 0 amide bonds. The van der Waals surface area contributed by atoms with E-state index in [1.165, 1.54) is 45.9 Å². The predicted octanol–water partition coefficient (Wildman–Crippen LogP) is 10.5. The molecule has 34 heavy (non-hydrogen) atoms. The van der Waals surface area contributed by atoms with Gasteiger partial charge in [-0.15, -0.1) is 0 Å². The van der Waals surface area contributed by atoms with Crippen LogP contribution in [0.15, 0.2) is 79.4 Å². The summed E-state index contributed by atoms with van der Waals surface area (Å²) in [7, 11) is 0. The summed E-state index contributed by atoms with van der Waals surface area (Å²) in [4.78, 5) is 0. The van der Waals surface area contributed by atoms with Crippen LogP contribution in [0.2, 0.25) is 0 Å². The van der Waals surface area contributed by atoms with E-state index in [1.807, 2.05) is 27.7 Å². The average molecular weight is 462 g/mol. The van der Waals surface area contributed by atoms with Gasteiger partial charge in [-0.1, -0.05) is 141 Å². The summed E-state index contributed by atoms with van der Waals surface area (Å²) in [6, 6.07) is 23.4. The highest BCUT2D eigenvalue weighted by Crippen LogP contribution is 2.34. The van der Waals surface area contributed by atoms with E-state index >= 15 is 0 Å². The summed E-state index contributed by atoms with van der Waals surface area (Å²) in [5.74, 6) is 0. The van der Waals surface area contributed by atoms with E-state index in [9.17, 15) is 0 Å². The lowest BCUT2D eigenvalue weighted by Crippen LogP contribution is -1.93. The summed E-state index contributed by atoms with van der Waals surface area (Å²) in [6.07, 6.45) is 5.90. The highest BCUT2D eigenvalue weighted by Gasteiger charge is 2.11. The summed E-state index contributed by atoms with van der Waals surface area (Å²) in [5.41, 5.74) is 11.0. The van der Waals surface area contributed by atoms with Crippen LogP contribution in [0, 0.1) is 6.92 Å². The lowest BCUT2D eigenvalue weighted by atomic mass is 9.88. The first-order valence-corrected chi connectivity index (χ1v) is 13.1. The number of hydrogen-bond donors (Lipinski definition) is 1. The zero-order valence-corrected chi connectivity index (χ0v) is 23.5. The number of allylic oxidation sites excluding steroid dienone is 3. The van der Waals surface area contributed by atoms with Crippen LogP contribution < -0.4 is 5.73 Å². The number of benzene rings is 3.